The Bertz CT molecular complexity index is 570. The Labute approximate surface area is 143 Å². The molecule has 0 aliphatic carbocycles. The number of aliphatic carboxylic acids is 1. The summed E-state index contributed by atoms with van der Waals surface area (Å²) >= 11 is 0. The summed E-state index contributed by atoms with van der Waals surface area (Å²) in [6.07, 6.45) is -5.08. The number of alkyl halides is 3. The first-order valence-corrected chi connectivity index (χ1v) is 7.44. The van der Waals surface area contributed by atoms with Crippen molar-refractivity contribution in [3.63, 3.8) is 0 Å². The summed E-state index contributed by atoms with van der Waals surface area (Å²) < 4.78 is 31.7. The Kier molecular flexibility index (Phi) is 7.81. The van der Waals surface area contributed by atoms with E-state index in [4.69, 9.17) is 15.7 Å². The van der Waals surface area contributed by atoms with Crippen molar-refractivity contribution in [1.29, 1.82) is 0 Å². The molecule has 0 bridgehead atoms. The monoisotopic (exact) mass is 362 g/mol. The fourth-order valence-electron chi connectivity index (χ4n) is 2.11. The summed E-state index contributed by atoms with van der Waals surface area (Å²) in [6, 6.07) is 7.60. The van der Waals surface area contributed by atoms with Crippen molar-refractivity contribution in [3.05, 3.63) is 35.4 Å². The Hall–Kier alpha value is -2.17. The second-order valence-corrected chi connectivity index (χ2v) is 5.55. The third-order valence-electron chi connectivity index (χ3n) is 3.59. The predicted octanol–water partition coefficient (Wildman–Crippen LogP) is 0.671. The van der Waals surface area contributed by atoms with Gasteiger partial charge in [0.15, 0.2) is 0 Å². The predicted molar refractivity (Wildman–Crippen MR) is 84.6 cm³/mol. The first-order valence-electron chi connectivity index (χ1n) is 7.44. The van der Waals surface area contributed by atoms with Crippen molar-refractivity contribution in [2.24, 2.45) is 5.84 Å². The number of benzene rings is 1. The number of nitrogens with two attached hydrogens (primary N) is 1. The number of carboxylic acids is 1. The maximum absolute atomic E-state index is 11.3. The molecule has 140 valence electrons. The van der Waals surface area contributed by atoms with Crippen molar-refractivity contribution in [2.45, 2.75) is 12.7 Å². The van der Waals surface area contributed by atoms with Crippen LogP contribution in [0.3, 0.4) is 0 Å². The van der Waals surface area contributed by atoms with Crippen molar-refractivity contribution in [2.75, 3.05) is 33.2 Å². The van der Waals surface area contributed by atoms with Crippen LogP contribution >= 0.6 is 0 Å². The molecule has 1 heterocycles. The molecule has 1 aliphatic rings. The highest BCUT2D eigenvalue weighted by molar-refractivity contribution is 5.93. The highest BCUT2D eigenvalue weighted by atomic mass is 19.4. The van der Waals surface area contributed by atoms with Crippen LogP contribution < -0.4 is 11.3 Å². The Morgan fingerprint density at radius 1 is 1.16 bits per heavy atom. The maximum atomic E-state index is 11.3. The van der Waals surface area contributed by atoms with Gasteiger partial charge >= 0.3 is 12.1 Å². The zero-order valence-corrected chi connectivity index (χ0v) is 13.7. The van der Waals surface area contributed by atoms with Gasteiger partial charge in [-0.2, -0.15) is 13.2 Å². The molecule has 0 radical (unpaired) electrons. The number of carboxylic acid groups (broad SMARTS) is 1. The Balaban J connectivity index is 0.000000381. The Morgan fingerprint density at radius 2 is 1.64 bits per heavy atom. The van der Waals surface area contributed by atoms with E-state index in [-0.39, 0.29) is 5.91 Å². The summed E-state index contributed by atoms with van der Waals surface area (Å²) in [5.74, 6) is 2.09. The van der Waals surface area contributed by atoms with Crippen molar-refractivity contribution < 1.29 is 27.9 Å². The molecule has 1 aromatic carbocycles. The minimum atomic E-state index is -5.08. The van der Waals surface area contributed by atoms with E-state index >= 15 is 0 Å². The third-order valence-corrected chi connectivity index (χ3v) is 3.59. The number of carbonyl (C=O) groups is 2. The lowest BCUT2D eigenvalue weighted by Crippen LogP contribution is -2.43. The van der Waals surface area contributed by atoms with Crippen LogP contribution in [-0.4, -0.2) is 66.2 Å². The van der Waals surface area contributed by atoms with Crippen LogP contribution in [0.2, 0.25) is 0 Å². The second-order valence-electron chi connectivity index (χ2n) is 5.55. The van der Waals surface area contributed by atoms with E-state index in [0.717, 1.165) is 32.7 Å². The van der Waals surface area contributed by atoms with E-state index in [0.29, 0.717) is 5.56 Å². The number of rotatable bonds is 3. The highest BCUT2D eigenvalue weighted by Gasteiger charge is 2.38. The third kappa shape index (κ3) is 7.50. The molecule has 1 fully saturated rings. The Morgan fingerprint density at radius 3 is 2.04 bits per heavy atom. The molecular formula is C15H21F3N4O3. The SMILES string of the molecule is CN1CCN(Cc2ccc(C(=O)NN)cc2)CC1.O=C(O)C(F)(F)F. The standard InChI is InChI=1S/C13H20N4O.C2HF3O2/c1-16-6-8-17(9-7-16)10-11-2-4-12(5-3-11)13(18)15-14;3-2(4,5)1(6)7/h2-5H,6-10,14H2,1H3,(H,15,18);(H,6,7). The van der Waals surface area contributed by atoms with Gasteiger partial charge in [-0.25, -0.2) is 10.6 Å². The fraction of sp³-hybridized carbons (Fsp3) is 0.467. The first-order chi connectivity index (χ1) is 11.6. The van der Waals surface area contributed by atoms with Gasteiger partial charge in [-0.1, -0.05) is 12.1 Å². The molecule has 0 saturated carbocycles. The lowest BCUT2D eigenvalue weighted by Gasteiger charge is -2.32. The van der Waals surface area contributed by atoms with E-state index in [9.17, 15) is 18.0 Å². The van der Waals surface area contributed by atoms with Gasteiger partial charge in [-0.15, -0.1) is 0 Å². The fourth-order valence-corrected chi connectivity index (χ4v) is 2.11. The van der Waals surface area contributed by atoms with Gasteiger partial charge in [-0.3, -0.25) is 15.1 Å². The van der Waals surface area contributed by atoms with Crippen LogP contribution in [0.15, 0.2) is 24.3 Å². The van der Waals surface area contributed by atoms with E-state index in [1.165, 1.54) is 5.56 Å². The molecule has 1 amide bonds. The van der Waals surface area contributed by atoms with Gasteiger partial charge in [0, 0.05) is 38.3 Å². The molecular weight excluding hydrogens is 341 g/mol. The van der Waals surface area contributed by atoms with Crippen molar-refractivity contribution >= 4 is 11.9 Å². The molecule has 1 aromatic rings. The van der Waals surface area contributed by atoms with Gasteiger partial charge in [0.2, 0.25) is 0 Å². The average molecular weight is 362 g/mol. The smallest absolute Gasteiger partial charge is 0.475 e. The van der Waals surface area contributed by atoms with Crippen molar-refractivity contribution in [1.82, 2.24) is 15.2 Å². The molecule has 1 aliphatic heterocycles. The number of hydrazine groups is 1. The molecule has 2 rings (SSSR count). The lowest BCUT2D eigenvalue weighted by atomic mass is 10.1. The van der Waals surface area contributed by atoms with Crippen LogP contribution in [0.4, 0.5) is 13.2 Å². The van der Waals surface area contributed by atoms with Gasteiger partial charge in [0.25, 0.3) is 5.91 Å². The normalized spacial score (nSPS) is 15.9. The number of hydrogen-bond acceptors (Lipinski definition) is 5. The molecule has 4 N–H and O–H groups in total. The van der Waals surface area contributed by atoms with E-state index in [1.807, 2.05) is 24.3 Å². The van der Waals surface area contributed by atoms with E-state index < -0.39 is 12.1 Å². The highest BCUT2D eigenvalue weighted by Crippen LogP contribution is 2.13. The van der Waals surface area contributed by atoms with Gasteiger partial charge in [0.05, 0.1) is 0 Å². The van der Waals surface area contributed by atoms with Gasteiger partial charge < -0.3 is 10.0 Å². The average Bonchev–Trinajstić information content (AvgIpc) is 2.56. The van der Waals surface area contributed by atoms with Crippen LogP contribution in [-0.2, 0) is 11.3 Å². The minimum Gasteiger partial charge on any atom is -0.475 e. The topological polar surface area (TPSA) is 98.9 Å². The molecule has 10 heteroatoms. The molecule has 0 spiro atoms. The van der Waals surface area contributed by atoms with Crippen molar-refractivity contribution in [3.8, 4) is 0 Å². The largest absolute Gasteiger partial charge is 0.490 e. The number of nitrogens with zero attached hydrogens (tertiary/aromatic N) is 2. The number of piperazine rings is 1. The number of likely N-dealkylation sites (N-methyl/N-ethyl adjacent to an activating group) is 1. The van der Waals surface area contributed by atoms with Gasteiger partial charge in [-0.05, 0) is 24.7 Å². The zero-order valence-electron chi connectivity index (χ0n) is 13.7. The lowest BCUT2D eigenvalue weighted by molar-refractivity contribution is -0.192. The first kappa shape index (κ1) is 20.9. The maximum Gasteiger partial charge on any atom is 0.490 e. The molecule has 0 aromatic heterocycles. The van der Waals surface area contributed by atoms with Crippen LogP contribution in [0.25, 0.3) is 0 Å². The molecule has 1 saturated heterocycles. The quantitative estimate of drug-likeness (QED) is 0.415. The number of halogens is 3. The summed E-state index contributed by atoms with van der Waals surface area (Å²) in [5, 5.41) is 7.12. The summed E-state index contributed by atoms with van der Waals surface area (Å²) in [6.45, 7) is 5.38. The van der Waals surface area contributed by atoms with E-state index in [2.05, 4.69) is 22.3 Å². The number of nitrogens with one attached hydrogen (secondary N) is 1. The van der Waals surface area contributed by atoms with Crippen LogP contribution in [0.5, 0.6) is 0 Å². The summed E-state index contributed by atoms with van der Waals surface area (Å²) in [7, 11) is 2.15. The van der Waals surface area contributed by atoms with Crippen LogP contribution in [0.1, 0.15) is 15.9 Å². The summed E-state index contributed by atoms with van der Waals surface area (Å²) in [4.78, 5) is 25.0. The molecule has 25 heavy (non-hydrogen) atoms. The molecule has 0 unspecified atom stereocenters. The second kappa shape index (κ2) is 9.35. The van der Waals surface area contributed by atoms with Gasteiger partial charge in [0.1, 0.15) is 0 Å². The van der Waals surface area contributed by atoms with E-state index in [1.54, 1.807) is 0 Å². The number of carbonyl (C=O) groups excluding carboxylic acids is 1. The zero-order chi connectivity index (χ0) is 19.0. The number of amides is 1. The molecule has 7 nitrogen and oxygen atoms in total. The number of hydrogen-bond donors (Lipinski definition) is 3. The molecule has 0 atom stereocenters. The van der Waals surface area contributed by atoms with Crippen LogP contribution in [0, 0.1) is 0 Å². The summed E-state index contributed by atoms with van der Waals surface area (Å²) in [5.41, 5.74) is 3.96. The number of nitrogen functional groups attached to an aromatic ring is 1. The minimum absolute atomic E-state index is 0.249.